The number of piperidine rings is 1. The van der Waals surface area contributed by atoms with Gasteiger partial charge in [0.1, 0.15) is 0 Å². The topological polar surface area (TPSA) is 101 Å². The van der Waals surface area contributed by atoms with E-state index in [1.54, 1.807) is 29.3 Å². The second kappa shape index (κ2) is 8.37. The zero-order valence-corrected chi connectivity index (χ0v) is 18.0. The fourth-order valence-electron chi connectivity index (χ4n) is 4.52. The number of nitrogens with one attached hydrogen (secondary N) is 1. The lowest BCUT2D eigenvalue weighted by Gasteiger charge is -2.33. The highest BCUT2D eigenvalue weighted by molar-refractivity contribution is 7.90. The second-order valence-electron chi connectivity index (χ2n) is 8.40. The number of hydrogen-bond acceptors (Lipinski definition) is 5. The van der Waals surface area contributed by atoms with Gasteiger partial charge in [0.25, 0.3) is 5.91 Å². The molecule has 2 aromatic rings. The van der Waals surface area contributed by atoms with Crippen LogP contribution in [0.4, 0.5) is 0 Å². The quantitative estimate of drug-likeness (QED) is 0.797. The molecule has 9 heteroatoms. The normalized spacial score (nSPS) is 21.0. The summed E-state index contributed by atoms with van der Waals surface area (Å²) >= 11 is 0. The maximum absolute atomic E-state index is 13.2. The fraction of sp³-hybridized carbons (Fsp3) is 0.571. The Hall–Kier alpha value is -2.42. The number of hydrogen-bond donors (Lipinski definition) is 1. The number of aromatic nitrogens is 2. The summed E-state index contributed by atoms with van der Waals surface area (Å²) in [5.41, 5.74) is 0.570. The standard InChI is InChI=1S/C21H28N4O4S/c1-30(28,29)21-23-18(17-11-5-6-13-25(17)21)20(27)24-12-7-8-15(14-24)19(26)22-16-9-3-2-4-10-16/h5-6,11,13,15-16H,2-4,7-10,12,14H2,1H3,(H,22,26). The minimum Gasteiger partial charge on any atom is -0.353 e. The van der Waals surface area contributed by atoms with Crippen LogP contribution in [-0.2, 0) is 14.6 Å². The van der Waals surface area contributed by atoms with Crippen molar-refractivity contribution >= 4 is 27.2 Å². The van der Waals surface area contributed by atoms with Gasteiger partial charge in [0.15, 0.2) is 5.69 Å². The van der Waals surface area contributed by atoms with E-state index in [9.17, 15) is 18.0 Å². The van der Waals surface area contributed by atoms with E-state index in [0.29, 0.717) is 18.6 Å². The average Bonchev–Trinajstić information content (AvgIpc) is 3.14. The first-order valence-electron chi connectivity index (χ1n) is 10.6. The zero-order valence-electron chi connectivity index (χ0n) is 17.2. The van der Waals surface area contributed by atoms with Crippen molar-refractivity contribution in [2.45, 2.75) is 56.1 Å². The first-order chi connectivity index (χ1) is 14.3. The third kappa shape index (κ3) is 4.21. The monoisotopic (exact) mass is 432 g/mol. The molecule has 1 atom stereocenters. The van der Waals surface area contributed by atoms with Crippen LogP contribution < -0.4 is 5.32 Å². The highest BCUT2D eigenvalue weighted by Crippen LogP contribution is 2.24. The van der Waals surface area contributed by atoms with E-state index in [1.807, 2.05) is 0 Å². The summed E-state index contributed by atoms with van der Waals surface area (Å²) in [7, 11) is -3.60. The highest BCUT2D eigenvalue weighted by atomic mass is 32.2. The van der Waals surface area contributed by atoms with Gasteiger partial charge in [-0.3, -0.25) is 14.0 Å². The minimum absolute atomic E-state index is 0.0194. The molecule has 0 aromatic carbocycles. The molecule has 4 rings (SSSR count). The number of imidazole rings is 1. The summed E-state index contributed by atoms with van der Waals surface area (Å²) in [6, 6.07) is 5.37. The summed E-state index contributed by atoms with van der Waals surface area (Å²) in [5.74, 6) is -0.553. The molecular formula is C21H28N4O4S. The summed E-state index contributed by atoms with van der Waals surface area (Å²) < 4.78 is 25.7. The molecule has 2 fully saturated rings. The summed E-state index contributed by atoms with van der Waals surface area (Å²) in [4.78, 5) is 31.8. The van der Waals surface area contributed by atoms with Gasteiger partial charge in [-0.15, -0.1) is 0 Å². The Morgan fingerprint density at radius 3 is 2.60 bits per heavy atom. The van der Waals surface area contributed by atoms with Crippen LogP contribution in [0, 0.1) is 5.92 Å². The predicted molar refractivity (Wildman–Crippen MR) is 112 cm³/mol. The number of nitrogens with zero attached hydrogens (tertiary/aromatic N) is 3. The molecular weight excluding hydrogens is 404 g/mol. The van der Waals surface area contributed by atoms with Crippen molar-refractivity contribution in [2.75, 3.05) is 19.3 Å². The Morgan fingerprint density at radius 2 is 1.87 bits per heavy atom. The number of sulfone groups is 1. The fourth-order valence-corrected chi connectivity index (χ4v) is 5.29. The van der Waals surface area contributed by atoms with Crippen molar-refractivity contribution in [3.8, 4) is 0 Å². The number of amides is 2. The molecule has 0 spiro atoms. The van der Waals surface area contributed by atoms with Crippen LogP contribution in [0.3, 0.4) is 0 Å². The molecule has 1 saturated heterocycles. The van der Waals surface area contributed by atoms with Crippen LogP contribution in [0.1, 0.15) is 55.4 Å². The molecule has 1 N–H and O–H groups in total. The van der Waals surface area contributed by atoms with Crippen LogP contribution in [0.2, 0.25) is 0 Å². The number of pyridine rings is 1. The Bertz CT molecular complexity index is 1060. The predicted octanol–water partition coefficient (Wildman–Crippen LogP) is 2.04. The van der Waals surface area contributed by atoms with Gasteiger partial charge in [0.2, 0.25) is 20.9 Å². The average molecular weight is 433 g/mol. The van der Waals surface area contributed by atoms with Gasteiger partial charge in [-0.05, 0) is 37.8 Å². The number of rotatable bonds is 4. The maximum atomic E-state index is 13.2. The van der Waals surface area contributed by atoms with Crippen molar-refractivity contribution in [3.63, 3.8) is 0 Å². The number of likely N-dealkylation sites (tertiary alicyclic amines) is 1. The molecule has 0 bridgehead atoms. The van der Waals surface area contributed by atoms with Crippen LogP contribution in [0.5, 0.6) is 0 Å². The number of fused-ring (bicyclic) bond motifs is 1. The molecule has 2 aromatic heterocycles. The van der Waals surface area contributed by atoms with Gasteiger partial charge >= 0.3 is 0 Å². The third-order valence-corrected chi connectivity index (χ3v) is 7.03. The Morgan fingerprint density at radius 1 is 1.10 bits per heavy atom. The zero-order chi connectivity index (χ0) is 21.3. The van der Waals surface area contributed by atoms with E-state index in [-0.39, 0.29) is 34.6 Å². The Labute approximate surface area is 176 Å². The number of carbonyl (C=O) groups is 2. The highest BCUT2D eigenvalue weighted by Gasteiger charge is 2.32. The van der Waals surface area contributed by atoms with E-state index in [1.165, 1.54) is 10.8 Å². The largest absolute Gasteiger partial charge is 0.353 e. The molecule has 2 aliphatic rings. The molecule has 1 aliphatic carbocycles. The van der Waals surface area contributed by atoms with Gasteiger partial charge in [-0.1, -0.05) is 25.3 Å². The van der Waals surface area contributed by atoms with Gasteiger partial charge < -0.3 is 10.2 Å². The molecule has 2 amide bonds. The molecule has 3 heterocycles. The molecule has 0 radical (unpaired) electrons. The number of carbonyl (C=O) groups excluding carboxylic acids is 2. The first kappa shape index (κ1) is 20.8. The Balaban J connectivity index is 1.53. The van der Waals surface area contributed by atoms with E-state index in [2.05, 4.69) is 10.3 Å². The van der Waals surface area contributed by atoms with Crippen molar-refractivity contribution < 1.29 is 18.0 Å². The van der Waals surface area contributed by atoms with Gasteiger partial charge in [0, 0.05) is 31.6 Å². The van der Waals surface area contributed by atoms with E-state index >= 15 is 0 Å². The molecule has 162 valence electrons. The molecule has 30 heavy (non-hydrogen) atoms. The third-order valence-electron chi connectivity index (χ3n) is 6.08. The lowest BCUT2D eigenvalue weighted by Crippen LogP contribution is -2.48. The first-order valence-corrected chi connectivity index (χ1v) is 12.5. The van der Waals surface area contributed by atoms with Crippen molar-refractivity contribution in [1.29, 1.82) is 0 Å². The van der Waals surface area contributed by atoms with E-state index < -0.39 is 9.84 Å². The molecule has 1 unspecified atom stereocenters. The SMILES string of the molecule is CS(=O)(=O)c1nc(C(=O)N2CCCC(C(=O)NC3CCCCC3)C2)c2ccccn12. The molecule has 1 saturated carbocycles. The lowest BCUT2D eigenvalue weighted by atomic mass is 9.93. The van der Waals surface area contributed by atoms with E-state index in [4.69, 9.17) is 0 Å². The van der Waals surface area contributed by atoms with Crippen molar-refractivity contribution in [3.05, 3.63) is 30.1 Å². The van der Waals surface area contributed by atoms with Crippen LogP contribution in [0.15, 0.2) is 29.6 Å². The summed E-state index contributed by atoms with van der Waals surface area (Å²) in [5, 5.41) is 3.02. The van der Waals surface area contributed by atoms with Crippen molar-refractivity contribution in [1.82, 2.24) is 19.6 Å². The van der Waals surface area contributed by atoms with Gasteiger partial charge in [-0.25, -0.2) is 13.4 Å². The van der Waals surface area contributed by atoms with E-state index in [0.717, 1.165) is 44.8 Å². The van der Waals surface area contributed by atoms with Crippen LogP contribution in [0.25, 0.3) is 5.52 Å². The molecule has 8 nitrogen and oxygen atoms in total. The summed E-state index contributed by atoms with van der Waals surface area (Å²) in [6.45, 7) is 0.865. The maximum Gasteiger partial charge on any atom is 0.274 e. The minimum atomic E-state index is -3.60. The van der Waals surface area contributed by atoms with Crippen LogP contribution >= 0.6 is 0 Å². The van der Waals surface area contributed by atoms with Gasteiger partial charge in [-0.2, -0.15) is 0 Å². The second-order valence-corrected chi connectivity index (χ2v) is 10.3. The van der Waals surface area contributed by atoms with Crippen LogP contribution in [-0.4, -0.2) is 59.9 Å². The summed E-state index contributed by atoms with van der Waals surface area (Å²) in [6.07, 6.45) is 9.73. The Kier molecular flexibility index (Phi) is 5.81. The smallest absolute Gasteiger partial charge is 0.274 e. The lowest BCUT2D eigenvalue weighted by molar-refractivity contribution is -0.127. The van der Waals surface area contributed by atoms with Crippen molar-refractivity contribution in [2.24, 2.45) is 5.92 Å². The molecule has 1 aliphatic heterocycles. The van der Waals surface area contributed by atoms with Gasteiger partial charge in [0.05, 0.1) is 11.4 Å².